The minimum absolute atomic E-state index is 0.539. The predicted octanol–water partition coefficient (Wildman–Crippen LogP) is 4.14. The van der Waals surface area contributed by atoms with Crippen LogP contribution in [0.2, 0.25) is 0 Å². The fourth-order valence-electron chi connectivity index (χ4n) is 2.46. The van der Waals surface area contributed by atoms with E-state index < -0.39 is 0 Å². The van der Waals surface area contributed by atoms with E-state index in [4.69, 9.17) is 9.26 Å². The van der Waals surface area contributed by atoms with E-state index in [1.807, 2.05) is 49.5 Å². The average Bonchev–Trinajstić information content (AvgIpc) is 3.05. The van der Waals surface area contributed by atoms with Gasteiger partial charge in [0.1, 0.15) is 5.75 Å². The lowest BCUT2D eigenvalue weighted by atomic mass is 10.2. The standard InChI is InChI=1S/C18H18BrN3O2/c1-22(11-13-7-3-5-9-15(13)19)12-17-20-18(21-24-17)14-8-4-6-10-16(14)23-2/h3-10H,11-12H2,1-2H3. The van der Waals surface area contributed by atoms with E-state index in [2.05, 4.69) is 37.0 Å². The third-order valence-corrected chi connectivity index (χ3v) is 4.39. The fourth-order valence-corrected chi connectivity index (χ4v) is 2.87. The van der Waals surface area contributed by atoms with Crippen molar-refractivity contribution in [3.8, 4) is 17.1 Å². The Morgan fingerprint density at radius 1 is 1.08 bits per heavy atom. The molecule has 3 rings (SSSR count). The lowest BCUT2D eigenvalue weighted by Gasteiger charge is -2.15. The largest absolute Gasteiger partial charge is 0.496 e. The molecule has 0 aliphatic rings. The summed E-state index contributed by atoms with van der Waals surface area (Å²) in [6.45, 7) is 1.36. The third-order valence-electron chi connectivity index (χ3n) is 3.62. The Hall–Kier alpha value is -2.18. The number of hydrogen-bond donors (Lipinski definition) is 0. The molecule has 124 valence electrons. The summed E-state index contributed by atoms with van der Waals surface area (Å²) < 4.78 is 11.8. The number of rotatable bonds is 6. The monoisotopic (exact) mass is 387 g/mol. The quantitative estimate of drug-likeness (QED) is 0.635. The molecule has 0 aliphatic carbocycles. The van der Waals surface area contributed by atoms with E-state index >= 15 is 0 Å². The van der Waals surface area contributed by atoms with E-state index in [1.54, 1.807) is 7.11 Å². The highest BCUT2D eigenvalue weighted by atomic mass is 79.9. The Morgan fingerprint density at radius 3 is 2.62 bits per heavy atom. The Balaban J connectivity index is 1.71. The van der Waals surface area contributed by atoms with Crippen molar-refractivity contribution >= 4 is 15.9 Å². The first-order valence-electron chi connectivity index (χ1n) is 7.55. The molecule has 0 atom stereocenters. The van der Waals surface area contributed by atoms with Gasteiger partial charge in [0.15, 0.2) is 0 Å². The number of halogens is 1. The summed E-state index contributed by atoms with van der Waals surface area (Å²) >= 11 is 3.57. The normalized spacial score (nSPS) is 11.0. The maximum Gasteiger partial charge on any atom is 0.241 e. The van der Waals surface area contributed by atoms with Crippen LogP contribution < -0.4 is 4.74 Å². The van der Waals surface area contributed by atoms with Gasteiger partial charge in [0, 0.05) is 11.0 Å². The highest BCUT2D eigenvalue weighted by molar-refractivity contribution is 9.10. The number of methoxy groups -OCH3 is 1. The van der Waals surface area contributed by atoms with Crippen LogP contribution in [0.1, 0.15) is 11.5 Å². The molecule has 0 saturated carbocycles. The van der Waals surface area contributed by atoms with Crippen LogP contribution in [0, 0.1) is 0 Å². The van der Waals surface area contributed by atoms with Crippen molar-refractivity contribution in [3.63, 3.8) is 0 Å². The van der Waals surface area contributed by atoms with E-state index in [1.165, 1.54) is 5.56 Å². The minimum atomic E-state index is 0.539. The molecule has 0 aliphatic heterocycles. The molecule has 2 aromatic carbocycles. The number of benzene rings is 2. The van der Waals surface area contributed by atoms with Gasteiger partial charge >= 0.3 is 0 Å². The van der Waals surface area contributed by atoms with Gasteiger partial charge in [0.25, 0.3) is 0 Å². The number of para-hydroxylation sites is 1. The first kappa shape index (κ1) is 16.7. The summed E-state index contributed by atoms with van der Waals surface area (Å²) in [7, 11) is 3.65. The van der Waals surface area contributed by atoms with Crippen molar-refractivity contribution in [1.82, 2.24) is 15.0 Å². The fraction of sp³-hybridized carbons (Fsp3) is 0.222. The summed E-state index contributed by atoms with van der Waals surface area (Å²) in [5.41, 5.74) is 2.04. The first-order valence-corrected chi connectivity index (χ1v) is 8.34. The third kappa shape index (κ3) is 3.83. The molecule has 0 fully saturated rings. The molecule has 0 bridgehead atoms. The zero-order chi connectivity index (χ0) is 16.9. The molecule has 6 heteroatoms. The highest BCUT2D eigenvalue weighted by Gasteiger charge is 2.14. The van der Waals surface area contributed by atoms with Crippen molar-refractivity contribution < 1.29 is 9.26 Å². The molecule has 3 aromatic rings. The molecule has 0 saturated heterocycles. The second-order valence-corrected chi connectivity index (χ2v) is 6.33. The lowest BCUT2D eigenvalue weighted by molar-refractivity contribution is 0.260. The van der Waals surface area contributed by atoms with Crippen LogP contribution >= 0.6 is 15.9 Å². The Labute approximate surface area is 149 Å². The number of hydrogen-bond acceptors (Lipinski definition) is 5. The molecule has 0 radical (unpaired) electrons. The van der Waals surface area contributed by atoms with Crippen LogP contribution in [0.15, 0.2) is 57.5 Å². The minimum Gasteiger partial charge on any atom is -0.496 e. The van der Waals surface area contributed by atoms with Crippen LogP contribution in [0.3, 0.4) is 0 Å². The number of aromatic nitrogens is 2. The molecular formula is C18H18BrN3O2. The van der Waals surface area contributed by atoms with E-state index in [-0.39, 0.29) is 0 Å². The van der Waals surface area contributed by atoms with Gasteiger partial charge in [-0.25, -0.2) is 0 Å². The summed E-state index contributed by atoms with van der Waals surface area (Å²) in [5.74, 6) is 1.84. The number of nitrogens with zero attached hydrogens (tertiary/aromatic N) is 3. The van der Waals surface area contributed by atoms with Gasteiger partial charge in [-0.05, 0) is 30.8 Å². The zero-order valence-corrected chi connectivity index (χ0v) is 15.2. The molecular weight excluding hydrogens is 370 g/mol. The second kappa shape index (κ2) is 7.59. The van der Waals surface area contributed by atoms with Crippen molar-refractivity contribution in [2.24, 2.45) is 0 Å². The van der Waals surface area contributed by atoms with Crippen LogP contribution in [0.4, 0.5) is 0 Å². The zero-order valence-electron chi connectivity index (χ0n) is 13.6. The smallest absolute Gasteiger partial charge is 0.241 e. The van der Waals surface area contributed by atoms with Crippen molar-refractivity contribution in [1.29, 1.82) is 0 Å². The van der Waals surface area contributed by atoms with Crippen LogP contribution in [-0.2, 0) is 13.1 Å². The van der Waals surface area contributed by atoms with Gasteiger partial charge in [-0.3, -0.25) is 4.90 Å². The Bertz CT molecular complexity index is 819. The second-order valence-electron chi connectivity index (χ2n) is 5.48. The molecule has 1 aromatic heterocycles. The summed E-state index contributed by atoms with van der Waals surface area (Å²) in [4.78, 5) is 6.61. The summed E-state index contributed by atoms with van der Waals surface area (Å²) in [6.07, 6.45) is 0. The molecule has 0 amide bonds. The van der Waals surface area contributed by atoms with Crippen LogP contribution in [0.25, 0.3) is 11.4 Å². The van der Waals surface area contributed by atoms with Gasteiger partial charge < -0.3 is 9.26 Å². The van der Waals surface area contributed by atoms with Crippen molar-refractivity contribution in [2.75, 3.05) is 14.2 Å². The highest BCUT2D eigenvalue weighted by Crippen LogP contribution is 2.27. The average molecular weight is 388 g/mol. The van der Waals surface area contributed by atoms with Crippen LogP contribution in [-0.4, -0.2) is 29.2 Å². The summed E-state index contributed by atoms with van der Waals surface area (Å²) in [5, 5.41) is 4.07. The van der Waals surface area contributed by atoms with Gasteiger partial charge in [-0.1, -0.05) is 51.4 Å². The molecule has 24 heavy (non-hydrogen) atoms. The number of ether oxygens (including phenoxy) is 1. The molecule has 5 nitrogen and oxygen atoms in total. The topological polar surface area (TPSA) is 51.4 Å². The maximum atomic E-state index is 5.39. The van der Waals surface area contributed by atoms with Crippen molar-refractivity contribution in [2.45, 2.75) is 13.1 Å². The summed E-state index contributed by atoms with van der Waals surface area (Å²) in [6, 6.07) is 15.8. The van der Waals surface area contributed by atoms with Gasteiger partial charge in [-0.2, -0.15) is 4.98 Å². The van der Waals surface area contributed by atoms with Crippen molar-refractivity contribution in [3.05, 3.63) is 64.5 Å². The molecule has 0 unspecified atom stereocenters. The molecule has 0 spiro atoms. The van der Waals surface area contributed by atoms with Crippen LogP contribution in [0.5, 0.6) is 5.75 Å². The molecule has 1 heterocycles. The Morgan fingerprint density at radius 2 is 1.83 bits per heavy atom. The van der Waals surface area contributed by atoms with E-state index in [0.29, 0.717) is 18.3 Å². The molecule has 0 N–H and O–H groups in total. The predicted molar refractivity (Wildman–Crippen MR) is 95.6 cm³/mol. The van der Waals surface area contributed by atoms with Gasteiger partial charge in [0.2, 0.25) is 11.7 Å². The van der Waals surface area contributed by atoms with Gasteiger partial charge in [-0.15, -0.1) is 0 Å². The lowest BCUT2D eigenvalue weighted by Crippen LogP contribution is -2.17. The van der Waals surface area contributed by atoms with E-state index in [9.17, 15) is 0 Å². The van der Waals surface area contributed by atoms with Gasteiger partial charge in [0.05, 0.1) is 19.2 Å². The maximum absolute atomic E-state index is 5.39. The SMILES string of the molecule is COc1ccccc1-c1noc(CN(C)Cc2ccccc2Br)n1. The Kier molecular flexibility index (Phi) is 5.27. The van der Waals surface area contributed by atoms with E-state index in [0.717, 1.165) is 22.3 Å². The first-order chi connectivity index (χ1) is 11.7.